The molecule has 0 aliphatic rings. The quantitative estimate of drug-likeness (QED) is 0.601. The first-order valence-electron chi connectivity index (χ1n) is 6.98. The Morgan fingerprint density at radius 3 is 2.59 bits per heavy atom. The standard InChI is InChI=1S/C16H20N4O2/c1-10(11-7-5-6-8-13(11)21)17-20-15(22)12-9-14(19-18-12)16(2,3)4/h5-9,21H,1-4H3,(H,18,19)(H,20,22)/b17-10+. The number of carbonyl (C=O) groups is 1. The normalized spacial score (nSPS) is 12.3. The monoisotopic (exact) mass is 300 g/mol. The average molecular weight is 300 g/mol. The van der Waals surface area contributed by atoms with Crippen molar-refractivity contribution in [3.05, 3.63) is 47.3 Å². The Labute approximate surface area is 129 Å². The number of nitrogens with zero attached hydrogens (tertiary/aromatic N) is 2. The zero-order valence-corrected chi connectivity index (χ0v) is 13.1. The second-order valence-electron chi connectivity index (χ2n) is 6.07. The summed E-state index contributed by atoms with van der Waals surface area (Å²) >= 11 is 0. The minimum atomic E-state index is -0.401. The van der Waals surface area contributed by atoms with Gasteiger partial charge in [-0.05, 0) is 25.1 Å². The van der Waals surface area contributed by atoms with Crippen LogP contribution in [0.15, 0.2) is 35.4 Å². The molecular formula is C16H20N4O2. The Bertz CT molecular complexity index is 711. The maximum atomic E-state index is 12.0. The highest BCUT2D eigenvalue weighted by molar-refractivity contribution is 6.02. The molecule has 0 aliphatic heterocycles. The maximum Gasteiger partial charge on any atom is 0.291 e. The fourth-order valence-corrected chi connectivity index (χ4v) is 1.85. The van der Waals surface area contributed by atoms with Gasteiger partial charge in [-0.15, -0.1) is 0 Å². The number of benzene rings is 1. The van der Waals surface area contributed by atoms with E-state index in [1.807, 2.05) is 20.8 Å². The van der Waals surface area contributed by atoms with E-state index in [0.717, 1.165) is 5.69 Å². The number of hydrogen-bond acceptors (Lipinski definition) is 4. The van der Waals surface area contributed by atoms with Crippen molar-refractivity contribution in [2.45, 2.75) is 33.1 Å². The van der Waals surface area contributed by atoms with E-state index in [2.05, 4.69) is 20.7 Å². The fraction of sp³-hybridized carbons (Fsp3) is 0.312. The molecule has 0 fully saturated rings. The maximum absolute atomic E-state index is 12.0. The molecule has 2 rings (SSSR count). The molecular weight excluding hydrogens is 280 g/mol. The topological polar surface area (TPSA) is 90.4 Å². The van der Waals surface area contributed by atoms with E-state index in [1.165, 1.54) is 0 Å². The summed E-state index contributed by atoms with van der Waals surface area (Å²) in [6.07, 6.45) is 0. The van der Waals surface area contributed by atoms with Crippen LogP contribution in [0.2, 0.25) is 0 Å². The Hall–Kier alpha value is -2.63. The fourth-order valence-electron chi connectivity index (χ4n) is 1.85. The van der Waals surface area contributed by atoms with Gasteiger partial charge in [-0.1, -0.05) is 32.9 Å². The van der Waals surface area contributed by atoms with Gasteiger partial charge in [-0.25, -0.2) is 5.43 Å². The number of phenolic OH excluding ortho intramolecular Hbond substituents is 1. The Morgan fingerprint density at radius 2 is 2.00 bits per heavy atom. The van der Waals surface area contributed by atoms with E-state index in [9.17, 15) is 9.90 Å². The van der Waals surface area contributed by atoms with Gasteiger partial charge in [-0.3, -0.25) is 9.89 Å². The van der Waals surface area contributed by atoms with Gasteiger partial charge in [0.2, 0.25) is 0 Å². The van der Waals surface area contributed by atoms with Crippen molar-refractivity contribution in [1.29, 1.82) is 0 Å². The van der Waals surface area contributed by atoms with Gasteiger partial charge in [-0.2, -0.15) is 10.2 Å². The molecule has 0 radical (unpaired) electrons. The Morgan fingerprint density at radius 1 is 1.32 bits per heavy atom. The number of hydrogen-bond donors (Lipinski definition) is 3. The summed E-state index contributed by atoms with van der Waals surface area (Å²) in [5.74, 6) is -0.283. The van der Waals surface area contributed by atoms with Crippen LogP contribution in [0.4, 0.5) is 0 Å². The third-order valence-electron chi connectivity index (χ3n) is 3.24. The molecule has 2 aromatic rings. The number of rotatable bonds is 3. The van der Waals surface area contributed by atoms with Gasteiger partial charge in [0, 0.05) is 16.7 Å². The number of aromatic amines is 1. The van der Waals surface area contributed by atoms with Gasteiger partial charge in [0.15, 0.2) is 5.69 Å². The second-order valence-corrected chi connectivity index (χ2v) is 6.07. The summed E-state index contributed by atoms with van der Waals surface area (Å²) in [7, 11) is 0. The molecule has 0 saturated carbocycles. The lowest BCUT2D eigenvalue weighted by Gasteiger charge is -2.14. The van der Waals surface area contributed by atoms with E-state index in [-0.39, 0.29) is 16.9 Å². The molecule has 1 aromatic heterocycles. The van der Waals surface area contributed by atoms with E-state index in [4.69, 9.17) is 0 Å². The number of amides is 1. The molecule has 116 valence electrons. The summed E-state index contributed by atoms with van der Waals surface area (Å²) in [6.45, 7) is 7.80. The lowest BCUT2D eigenvalue weighted by Crippen LogP contribution is -2.19. The van der Waals surface area contributed by atoms with Crippen LogP contribution >= 0.6 is 0 Å². The summed E-state index contributed by atoms with van der Waals surface area (Å²) in [5.41, 5.74) is 4.57. The molecule has 6 heteroatoms. The third-order valence-corrected chi connectivity index (χ3v) is 3.24. The summed E-state index contributed by atoms with van der Waals surface area (Å²) in [5, 5.41) is 20.6. The van der Waals surface area contributed by atoms with Crippen LogP contribution in [0.1, 0.15) is 49.4 Å². The Kier molecular flexibility index (Phi) is 4.30. The number of H-pyrrole nitrogens is 1. The number of aromatic hydroxyl groups is 1. The first kappa shape index (κ1) is 15.8. The molecule has 22 heavy (non-hydrogen) atoms. The molecule has 1 heterocycles. The lowest BCUT2D eigenvalue weighted by atomic mass is 9.92. The predicted molar refractivity (Wildman–Crippen MR) is 85.1 cm³/mol. The number of phenols is 1. The number of hydrazone groups is 1. The predicted octanol–water partition coefficient (Wildman–Crippen LogP) is 2.57. The minimum absolute atomic E-state index is 0.111. The smallest absolute Gasteiger partial charge is 0.291 e. The molecule has 0 bridgehead atoms. The van der Waals surface area contributed by atoms with Gasteiger partial charge in [0.25, 0.3) is 5.91 Å². The van der Waals surface area contributed by atoms with Crippen molar-refractivity contribution in [2.24, 2.45) is 5.10 Å². The average Bonchev–Trinajstić information content (AvgIpc) is 2.95. The van der Waals surface area contributed by atoms with Gasteiger partial charge < -0.3 is 5.11 Å². The van der Waals surface area contributed by atoms with E-state index in [0.29, 0.717) is 11.3 Å². The van der Waals surface area contributed by atoms with Crippen molar-refractivity contribution in [2.75, 3.05) is 0 Å². The van der Waals surface area contributed by atoms with Crippen LogP contribution in [0.3, 0.4) is 0 Å². The highest BCUT2D eigenvalue weighted by atomic mass is 16.3. The lowest BCUT2D eigenvalue weighted by molar-refractivity contribution is 0.0950. The molecule has 0 spiro atoms. The van der Waals surface area contributed by atoms with Gasteiger partial charge >= 0.3 is 0 Å². The Balaban J connectivity index is 2.11. The minimum Gasteiger partial charge on any atom is -0.507 e. The largest absolute Gasteiger partial charge is 0.507 e. The van der Waals surface area contributed by atoms with Crippen molar-refractivity contribution in [3.8, 4) is 5.75 Å². The zero-order chi connectivity index (χ0) is 16.3. The number of para-hydroxylation sites is 1. The molecule has 3 N–H and O–H groups in total. The van der Waals surface area contributed by atoms with Crippen molar-refractivity contribution in [3.63, 3.8) is 0 Å². The number of nitrogens with one attached hydrogen (secondary N) is 2. The second kappa shape index (κ2) is 6.01. The molecule has 0 aliphatic carbocycles. The van der Waals surface area contributed by atoms with Gasteiger partial charge in [0.1, 0.15) is 5.75 Å². The first-order valence-corrected chi connectivity index (χ1v) is 6.98. The number of carbonyl (C=O) groups excluding carboxylic acids is 1. The van der Waals surface area contributed by atoms with E-state index >= 15 is 0 Å². The van der Waals surface area contributed by atoms with Crippen LogP contribution in [0, 0.1) is 0 Å². The molecule has 1 aromatic carbocycles. The summed E-state index contributed by atoms with van der Waals surface area (Å²) in [6, 6.07) is 8.52. The van der Waals surface area contributed by atoms with Crippen molar-refractivity contribution >= 4 is 11.6 Å². The van der Waals surface area contributed by atoms with Crippen molar-refractivity contribution < 1.29 is 9.90 Å². The van der Waals surface area contributed by atoms with Crippen LogP contribution in [0.5, 0.6) is 5.75 Å². The first-order chi connectivity index (χ1) is 10.3. The van der Waals surface area contributed by atoms with Crippen LogP contribution in [0.25, 0.3) is 0 Å². The van der Waals surface area contributed by atoms with Crippen LogP contribution < -0.4 is 5.43 Å². The molecule has 0 unspecified atom stereocenters. The highest BCUT2D eigenvalue weighted by Gasteiger charge is 2.19. The zero-order valence-electron chi connectivity index (χ0n) is 13.1. The highest BCUT2D eigenvalue weighted by Crippen LogP contribution is 2.20. The van der Waals surface area contributed by atoms with Crippen LogP contribution in [-0.2, 0) is 5.41 Å². The number of aromatic nitrogens is 2. The molecule has 1 amide bonds. The molecule has 6 nitrogen and oxygen atoms in total. The van der Waals surface area contributed by atoms with Crippen molar-refractivity contribution in [1.82, 2.24) is 15.6 Å². The van der Waals surface area contributed by atoms with Gasteiger partial charge in [0.05, 0.1) is 5.71 Å². The molecule has 0 saturated heterocycles. The van der Waals surface area contributed by atoms with E-state index < -0.39 is 5.91 Å². The third kappa shape index (κ3) is 3.52. The SMILES string of the molecule is C/C(=N\NC(=O)c1cc(C(C)(C)C)[nH]n1)c1ccccc1O. The molecule has 0 atom stereocenters. The summed E-state index contributed by atoms with van der Waals surface area (Å²) < 4.78 is 0. The van der Waals surface area contributed by atoms with E-state index in [1.54, 1.807) is 37.3 Å². The summed E-state index contributed by atoms with van der Waals surface area (Å²) in [4.78, 5) is 12.0. The van der Waals surface area contributed by atoms with Crippen LogP contribution in [-0.4, -0.2) is 26.9 Å².